The molecule has 0 aliphatic carbocycles. The number of ether oxygens (including phenoxy) is 2. The lowest BCUT2D eigenvalue weighted by atomic mass is 9.99. The minimum Gasteiger partial charge on any atom is -0.426 e. The first kappa shape index (κ1) is 27.0. The lowest BCUT2D eigenvalue weighted by Gasteiger charge is -2.18. The van der Waals surface area contributed by atoms with E-state index in [1.165, 1.54) is 13.0 Å². The van der Waals surface area contributed by atoms with Crippen LogP contribution in [0.25, 0.3) is 11.1 Å². The third kappa shape index (κ3) is 7.65. The highest BCUT2D eigenvalue weighted by molar-refractivity contribution is 5.81. The van der Waals surface area contributed by atoms with Gasteiger partial charge in [-0.2, -0.15) is 5.26 Å². The Morgan fingerprint density at radius 1 is 1.26 bits per heavy atom. The standard InChI is InChI=1S/C24H26FN3O4.C2H6/c1-15-10-17(6-7-22(15)32-16(2)29)18-4-5-19(21(25)12-18)11-20(13-26)28-24(30)23-14-27-8-3-9-31-23;1-2/h4-7,10,12,20,23,27H,3,8-9,11,14H2,1-2H3,(H,28,30);1-2H3/t20-,23-;/m0./s1. The highest BCUT2D eigenvalue weighted by atomic mass is 19.1. The number of esters is 1. The van der Waals surface area contributed by atoms with Crippen molar-refractivity contribution >= 4 is 11.9 Å². The summed E-state index contributed by atoms with van der Waals surface area (Å²) >= 11 is 0. The quantitative estimate of drug-likeness (QED) is 0.495. The Morgan fingerprint density at radius 2 is 1.97 bits per heavy atom. The molecule has 2 atom stereocenters. The maximum Gasteiger partial charge on any atom is 0.308 e. The number of nitrogens with zero attached hydrogens (tertiary/aromatic N) is 1. The van der Waals surface area contributed by atoms with Gasteiger partial charge < -0.3 is 20.1 Å². The topological polar surface area (TPSA) is 100 Å². The Kier molecular flexibility index (Phi) is 10.7. The summed E-state index contributed by atoms with van der Waals surface area (Å²) in [6.45, 7) is 8.76. The molecule has 2 aromatic rings. The second-order valence-corrected chi connectivity index (χ2v) is 7.69. The van der Waals surface area contributed by atoms with E-state index in [0.29, 0.717) is 30.0 Å². The zero-order chi connectivity index (χ0) is 25.1. The van der Waals surface area contributed by atoms with E-state index in [9.17, 15) is 19.2 Å². The molecule has 2 aromatic carbocycles. The molecule has 0 radical (unpaired) electrons. The molecule has 1 heterocycles. The van der Waals surface area contributed by atoms with Crippen LogP contribution in [-0.2, 0) is 20.7 Å². The zero-order valence-electron chi connectivity index (χ0n) is 20.1. The van der Waals surface area contributed by atoms with Gasteiger partial charge in [-0.25, -0.2) is 4.39 Å². The van der Waals surface area contributed by atoms with Crippen molar-refractivity contribution in [2.45, 2.75) is 52.7 Å². The third-order valence-corrected chi connectivity index (χ3v) is 5.15. The summed E-state index contributed by atoms with van der Waals surface area (Å²) in [6.07, 6.45) is 0.187. The Labute approximate surface area is 200 Å². The van der Waals surface area contributed by atoms with Crippen LogP contribution in [0.15, 0.2) is 36.4 Å². The van der Waals surface area contributed by atoms with E-state index in [1.807, 2.05) is 26.0 Å². The molecule has 0 spiro atoms. The first-order valence-electron chi connectivity index (χ1n) is 11.5. The van der Waals surface area contributed by atoms with Crippen molar-refractivity contribution in [1.82, 2.24) is 10.6 Å². The highest BCUT2D eigenvalue weighted by Gasteiger charge is 2.24. The molecule has 0 aromatic heterocycles. The average molecular weight is 470 g/mol. The van der Waals surface area contributed by atoms with Crippen LogP contribution in [0.1, 0.15) is 38.3 Å². The van der Waals surface area contributed by atoms with Crippen LogP contribution >= 0.6 is 0 Å². The van der Waals surface area contributed by atoms with Crippen LogP contribution in [0.3, 0.4) is 0 Å². The van der Waals surface area contributed by atoms with E-state index >= 15 is 0 Å². The van der Waals surface area contributed by atoms with Crippen LogP contribution in [0.4, 0.5) is 4.39 Å². The Morgan fingerprint density at radius 3 is 2.62 bits per heavy atom. The van der Waals surface area contributed by atoms with Gasteiger partial charge in [-0.05, 0) is 60.3 Å². The minimum absolute atomic E-state index is 0.0406. The Hall–Kier alpha value is -3.28. The van der Waals surface area contributed by atoms with E-state index < -0.39 is 23.9 Å². The van der Waals surface area contributed by atoms with Crippen LogP contribution in [0.5, 0.6) is 5.75 Å². The smallest absolute Gasteiger partial charge is 0.308 e. The van der Waals surface area contributed by atoms with Gasteiger partial charge >= 0.3 is 5.97 Å². The first-order chi connectivity index (χ1) is 16.4. The van der Waals surface area contributed by atoms with Gasteiger partial charge in [0.05, 0.1) is 6.07 Å². The lowest BCUT2D eigenvalue weighted by Crippen LogP contribution is -2.46. The molecule has 3 rings (SSSR count). The van der Waals surface area contributed by atoms with Gasteiger partial charge in [-0.15, -0.1) is 0 Å². The number of benzene rings is 2. The summed E-state index contributed by atoms with van der Waals surface area (Å²) in [5, 5.41) is 15.2. The number of carbonyl (C=O) groups is 2. The SMILES string of the molecule is CC.CC(=O)Oc1ccc(-c2ccc(C[C@@H](C#N)NC(=O)[C@@H]3CNCCCO3)c(F)c2)cc1C. The molecule has 182 valence electrons. The largest absolute Gasteiger partial charge is 0.426 e. The number of nitriles is 1. The van der Waals surface area contributed by atoms with Crippen LogP contribution in [-0.4, -0.2) is 43.7 Å². The predicted octanol–water partition coefficient (Wildman–Crippen LogP) is 3.68. The normalized spacial score (nSPS) is 16.2. The molecule has 0 saturated carbocycles. The highest BCUT2D eigenvalue weighted by Crippen LogP contribution is 2.28. The van der Waals surface area contributed by atoms with Gasteiger partial charge in [0.1, 0.15) is 23.7 Å². The number of aryl methyl sites for hydroxylation is 1. The fourth-order valence-corrected chi connectivity index (χ4v) is 3.49. The number of halogens is 1. The van der Waals surface area contributed by atoms with Gasteiger partial charge in [-0.1, -0.05) is 32.0 Å². The fraction of sp³-hybridized carbons (Fsp3) is 0.423. The molecular formula is C26H32FN3O4. The summed E-state index contributed by atoms with van der Waals surface area (Å²) < 4.78 is 25.4. The fourth-order valence-electron chi connectivity index (χ4n) is 3.49. The van der Waals surface area contributed by atoms with Crippen molar-refractivity contribution in [2.75, 3.05) is 19.7 Å². The second-order valence-electron chi connectivity index (χ2n) is 7.69. The number of hydrogen-bond donors (Lipinski definition) is 2. The Bertz CT molecular complexity index is 1030. The second kappa shape index (κ2) is 13.4. The number of nitrogens with one attached hydrogen (secondary N) is 2. The number of amides is 1. The molecule has 1 saturated heterocycles. The van der Waals surface area contributed by atoms with E-state index in [4.69, 9.17) is 9.47 Å². The molecule has 34 heavy (non-hydrogen) atoms. The maximum absolute atomic E-state index is 14.8. The molecule has 1 aliphatic rings. The van der Waals surface area contributed by atoms with Gasteiger partial charge in [-0.3, -0.25) is 9.59 Å². The van der Waals surface area contributed by atoms with E-state index in [1.54, 1.807) is 31.2 Å². The molecule has 1 fully saturated rings. The Balaban J connectivity index is 0.00000199. The van der Waals surface area contributed by atoms with Crippen LogP contribution in [0, 0.1) is 24.1 Å². The summed E-state index contributed by atoms with van der Waals surface area (Å²) in [7, 11) is 0. The van der Waals surface area contributed by atoms with Gasteiger partial charge in [0, 0.05) is 26.5 Å². The predicted molar refractivity (Wildman–Crippen MR) is 128 cm³/mol. The first-order valence-corrected chi connectivity index (χ1v) is 11.5. The van der Waals surface area contributed by atoms with Crippen molar-refractivity contribution in [2.24, 2.45) is 0 Å². The summed E-state index contributed by atoms with van der Waals surface area (Å²) in [6, 6.07) is 11.1. The maximum atomic E-state index is 14.8. The van der Waals surface area contributed by atoms with Gasteiger partial charge in [0.15, 0.2) is 0 Å². The van der Waals surface area contributed by atoms with Crippen molar-refractivity contribution < 1.29 is 23.5 Å². The van der Waals surface area contributed by atoms with Crippen LogP contribution < -0.4 is 15.4 Å². The molecule has 0 unspecified atom stereocenters. The monoisotopic (exact) mass is 469 g/mol. The van der Waals surface area contributed by atoms with E-state index in [-0.39, 0.29) is 12.3 Å². The molecular weight excluding hydrogens is 437 g/mol. The molecule has 2 N–H and O–H groups in total. The summed E-state index contributed by atoms with van der Waals surface area (Å²) in [4.78, 5) is 23.6. The average Bonchev–Trinajstić information content (AvgIpc) is 3.12. The number of hydrogen-bond acceptors (Lipinski definition) is 6. The zero-order valence-corrected chi connectivity index (χ0v) is 20.1. The third-order valence-electron chi connectivity index (χ3n) is 5.15. The molecule has 1 amide bonds. The number of rotatable bonds is 6. The molecule has 0 bridgehead atoms. The van der Waals surface area contributed by atoms with Crippen molar-refractivity contribution in [3.8, 4) is 22.9 Å². The summed E-state index contributed by atoms with van der Waals surface area (Å²) in [5.74, 6) is -0.798. The van der Waals surface area contributed by atoms with Gasteiger partial charge in [0.25, 0.3) is 5.91 Å². The number of carbonyl (C=O) groups excluding carboxylic acids is 2. The van der Waals surface area contributed by atoms with Crippen molar-refractivity contribution in [1.29, 1.82) is 5.26 Å². The van der Waals surface area contributed by atoms with Crippen molar-refractivity contribution in [3.05, 3.63) is 53.3 Å². The molecule has 1 aliphatic heterocycles. The van der Waals surface area contributed by atoms with Crippen molar-refractivity contribution in [3.63, 3.8) is 0 Å². The molecule has 7 nitrogen and oxygen atoms in total. The summed E-state index contributed by atoms with van der Waals surface area (Å²) in [5.41, 5.74) is 2.50. The van der Waals surface area contributed by atoms with Crippen LogP contribution in [0.2, 0.25) is 0 Å². The minimum atomic E-state index is -0.875. The van der Waals surface area contributed by atoms with E-state index in [2.05, 4.69) is 10.6 Å². The van der Waals surface area contributed by atoms with Gasteiger partial charge in [0.2, 0.25) is 0 Å². The molecule has 8 heteroatoms. The lowest BCUT2D eigenvalue weighted by molar-refractivity contribution is -0.133. The van der Waals surface area contributed by atoms with E-state index in [0.717, 1.165) is 24.1 Å².